The first kappa shape index (κ1) is 12.2. The minimum atomic E-state index is -0.665. The van der Waals surface area contributed by atoms with E-state index in [-0.39, 0.29) is 5.97 Å². The number of carbonyl (C=O) groups excluding carboxylic acids is 1. The van der Waals surface area contributed by atoms with Crippen LogP contribution < -0.4 is 0 Å². The van der Waals surface area contributed by atoms with Crippen LogP contribution in [-0.2, 0) is 14.9 Å². The van der Waals surface area contributed by atoms with Gasteiger partial charge in [0.25, 0.3) is 0 Å². The maximum Gasteiger partial charge on any atom is 0.317 e. The van der Waals surface area contributed by atoms with Crippen LogP contribution in [-0.4, -0.2) is 17.9 Å². The van der Waals surface area contributed by atoms with Gasteiger partial charge in [0.15, 0.2) is 0 Å². The molecule has 0 radical (unpaired) electrons. The van der Waals surface area contributed by atoms with E-state index in [2.05, 4.69) is 15.9 Å². The molecule has 1 fully saturated rings. The number of esters is 1. The molecular weight excluding hydrogens is 315 g/mol. The van der Waals surface area contributed by atoms with Crippen molar-refractivity contribution in [2.45, 2.75) is 11.8 Å². The smallest absolute Gasteiger partial charge is 0.317 e. The summed E-state index contributed by atoms with van der Waals surface area (Å²) >= 11 is 15.3. The lowest BCUT2D eigenvalue weighted by Crippen LogP contribution is -2.33. The summed E-state index contributed by atoms with van der Waals surface area (Å²) < 4.78 is 5.04. The first-order chi connectivity index (χ1) is 7.60. The second kappa shape index (κ2) is 4.55. The number of cyclic esters (lactones) is 1. The predicted molar refractivity (Wildman–Crippen MR) is 67.5 cm³/mol. The Kier molecular flexibility index (Phi) is 3.48. The zero-order chi connectivity index (χ0) is 11.8. The van der Waals surface area contributed by atoms with Gasteiger partial charge in [-0.2, -0.15) is 0 Å². The van der Waals surface area contributed by atoms with Crippen LogP contribution in [0.3, 0.4) is 0 Å². The van der Waals surface area contributed by atoms with Gasteiger partial charge in [0.2, 0.25) is 0 Å². The second-order valence-corrected chi connectivity index (χ2v) is 5.13. The first-order valence-electron chi connectivity index (χ1n) is 4.79. The molecule has 16 heavy (non-hydrogen) atoms. The number of hydrogen-bond acceptors (Lipinski definition) is 2. The maximum absolute atomic E-state index is 11.8. The fourth-order valence-corrected chi connectivity index (χ4v) is 3.27. The van der Waals surface area contributed by atoms with Gasteiger partial charge in [0.05, 0.1) is 6.61 Å². The number of hydrogen-bond donors (Lipinski definition) is 0. The zero-order valence-electron chi connectivity index (χ0n) is 8.30. The lowest BCUT2D eigenvalue weighted by Gasteiger charge is -2.23. The Balaban J connectivity index is 2.52. The molecule has 1 unspecified atom stereocenters. The average Bonchev–Trinajstić information content (AvgIpc) is 2.61. The van der Waals surface area contributed by atoms with Gasteiger partial charge in [-0.3, -0.25) is 4.79 Å². The molecule has 0 aliphatic carbocycles. The van der Waals surface area contributed by atoms with Crippen LogP contribution >= 0.6 is 39.1 Å². The molecule has 1 atom stereocenters. The molecule has 2 rings (SSSR count). The molecule has 1 aromatic carbocycles. The highest BCUT2D eigenvalue weighted by Gasteiger charge is 2.46. The van der Waals surface area contributed by atoms with E-state index in [1.807, 2.05) is 0 Å². The molecule has 0 aromatic heterocycles. The largest absolute Gasteiger partial charge is 0.465 e. The Morgan fingerprint density at radius 3 is 2.69 bits per heavy atom. The summed E-state index contributed by atoms with van der Waals surface area (Å²) in [5, 5.41) is 1.57. The monoisotopic (exact) mass is 322 g/mol. The highest BCUT2D eigenvalue weighted by molar-refractivity contribution is 9.09. The lowest BCUT2D eigenvalue weighted by molar-refractivity contribution is -0.142. The molecule has 1 aliphatic rings. The molecule has 0 spiro atoms. The van der Waals surface area contributed by atoms with Crippen LogP contribution in [0.15, 0.2) is 18.2 Å². The Labute approximate surface area is 112 Å². The summed E-state index contributed by atoms with van der Waals surface area (Å²) in [4.78, 5) is 11.8. The molecule has 1 aromatic rings. The predicted octanol–water partition coefficient (Wildman–Crippen LogP) is 3.57. The molecule has 1 heterocycles. The van der Waals surface area contributed by atoms with Crippen molar-refractivity contribution in [1.29, 1.82) is 0 Å². The van der Waals surface area contributed by atoms with E-state index in [0.29, 0.717) is 28.4 Å². The topological polar surface area (TPSA) is 26.3 Å². The molecular formula is C11H9BrCl2O2. The van der Waals surface area contributed by atoms with Crippen LogP contribution in [0, 0.1) is 0 Å². The summed E-state index contributed by atoms with van der Waals surface area (Å²) in [6, 6.07) is 5.17. The fourth-order valence-electron chi connectivity index (χ4n) is 1.87. The molecule has 1 aliphatic heterocycles. The van der Waals surface area contributed by atoms with Crippen molar-refractivity contribution in [3.05, 3.63) is 33.8 Å². The van der Waals surface area contributed by atoms with Gasteiger partial charge in [0.1, 0.15) is 5.41 Å². The Bertz CT molecular complexity index is 436. The van der Waals surface area contributed by atoms with Crippen molar-refractivity contribution >= 4 is 45.1 Å². The van der Waals surface area contributed by atoms with Crippen LogP contribution in [0.4, 0.5) is 0 Å². The number of rotatable bonds is 2. The molecule has 1 saturated heterocycles. The number of benzene rings is 1. The van der Waals surface area contributed by atoms with Gasteiger partial charge in [-0.05, 0) is 17.7 Å². The van der Waals surface area contributed by atoms with E-state index >= 15 is 0 Å². The molecule has 2 nitrogen and oxygen atoms in total. The van der Waals surface area contributed by atoms with Crippen LogP contribution in [0.1, 0.15) is 12.0 Å². The van der Waals surface area contributed by atoms with Crippen molar-refractivity contribution in [2.24, 2.45) is 0 Å². The number of ether oxygens (including phenoxy) is 1. The van der Waals surface area contributed by atoms with Gasteiger partial charge in [-0.25, -0.2) is 0 Å². The standard InChI is InChI=1S/C11H9BrCl2O2/c12-6-11(3-4-16-10(11)15)8-2-1-7(13)5-9(8)14/h1-2,5H,3-4,6H2. The summed E-state index contributed by atoms with van der Waals surface area (Å²) in [5.41, 5.74) is 0.111. The molecule has 86 valence electrons. The summed E-state index contributed by atoms with van der Waals surface area (Å²) in [7, 11) is 0. The van der Waals surface area contributed by atoms with E-state index in [9.17, 15) is 4.79 Å². The Hall–Kier alpha value is -0.250. The van der Waals surface area contributed by atoms with Gasteiger partial charge < -0.3 is 4.74 Å². The SMILES string of the molecule is O=C1OCCC1(CBr)c1ccc(Cl)cc1Cl. The summed E-state index contributed by atoms with van der Waals surface area (Å²) in [6.07, 6.45) is 0.637. The molecule has 0 amide bonds. The van der Waals surface area contributed by atoms with E-state index in [0.717, 1.165) is 5.56 Å². The molecule has 0 N–H and O–H groups in total. The van der Waals surface area contributed by atoms with Crippen molar-refractivity contribution in [2.75, 3.05) is 11.9 Å². The lowest BCUT2D eigenvalue weighted by atomic mass is 9.81. The molecule has 0 saturated carbocycles. The maximum atomic E-state index is 11.8. The molecule has 0 bridgehead atoms. The number of carbonyl (C=O) groups is 1. The van der Waals surface area contributed by atoms with Crippen LogP contribution in [0.25, 0.3) is 0 Å². The van der Waals surface area contributed by atoms with Crippen molar-refractivity contribution in [1.82, 2.24) is 0 Å². The van der Waals surface area contributed by atoms with Crippen LogP contribution in [0.2, 0.25) is 10.0 Å². The Morgan fingerprint density at radius 2 is 2.19 bits per heavy atom. The fraction of sp³-hybridized carbons (Fsp3) is 0.364. The normalized spacial score (nSPS) is 24.6. The van der Waals surface area contributed by atoms with E-state index in [4.69, 9.17) is 27.9 Å². The Morgan fingerprint density at radius 1 is 1.44 bits per heavy atom. The highest BCUT2D eigenvalue weighted by atomic mass is 79.9. The number of alkyl halides is 1. The number of halogens is 3. The molecule has 5 heteroatoms. The minimum absolute atomic E-state index is 0.228. The van der Waals surface area contributed by atoms with Gasteiger partial charge in [-0.15, -0.1) is 0 Å². The van der Waals surface area contributed by atoms with Crippen molar-refractivity contribution in [3.63, 3.8) is 0 Å². The summed E-state index contributed by atoms with van der Waals surface area (Å²) in [6.45, 7) is 0.434. The van der Waals surface area contributed by atoms with Gasteiger partial charge in [0, 0.05) is 21.8 Å². The second-order valence-electron chi connectivity index (χ2n) is 3.73. The van der Waals surface area contributed by atoms with E-state index in [1.54, 1.807) is 18.2 Å². The average molecular weight is 324 g/mol. The van der Waals surface area contributed by atoms with E-state index in [1.165, 1.54) is 0 Å². The van der Waals surface area contributed by atoms with Gasteiger partial charge in [-0.1, -0.05) is 45.2 Å². The van der Waals surface area contributed by atoms with Crippen LogP contribution in [0.5, 0.6) is 0 Å². The highest BCUT2D eigenvalue weighted by Crippen LogP contribution is 2.40. The van der Waals surface area contributed by atoms with E-state index < -0.39 is 5.41 Å². The van der Waals surface area contributed by atoms with Crippen molar-refractivity contribution in [3.8, 4) is 0 Å². The summed E-state index contributed by atoms with van der Waals surface area (Å²) in [5.74, 6) is -0.228. The quantitative estimate of drug-likeness (QED) is 0.614. The minimum Gasteiger partial charge on any atom is -0.465 e. The van der Waals surface area contributed by atoms with Crippen molar-refractivity contribution < 1.29 is 9.53 Å². The zero-order valence-corrected chi connectivity index (χ0v) is 11.4. The third-order valence-electron chi connectivity index (χ3n) is 2.83. The third-order valence-corrected chi connectivity index (χ3v) is 4.33. The van der Waals surface area contributed by atoms with Gasteiger partial charge >= 0.3 is 5.97 Å². The third kappa shape index (κ3) is 1.85. The first-order valence-corrected chi connectivity index (χ1v) is 6.66.